The van der Waals surface area contributed by atoms with E-state index in [0.29, 0.717) is 30.1 Å². The van der Waals surface area contributed by atoms with E-state index in [1.54, 1.807) is 11.3 Å². The van der Waals surface area contributed by atoms with Gasteiger partial charge < -0.3 is 20.4 Å². The fourth-order valence-corrected chi connectivity index (χ4v) is 3.07. The van der Waals surface area contributed by atoms with Gasteiger partial charge >= 0.3 is 6.09 Å². The highest BCUT2D eigenvalue weighted by atomic mass is 32.1. The molecule has 3 N–H and O–H groups in total. The first-order valence-electron chi connectivity index (χ1n) is 7.82. The zero-order chi connectivity index (χ0) is 18.0. The van der Waals surface area contributed by atoms with Crippen LogP contribution < -0.4 is 11.1 Å². The number of ether oxygens (including phenoxy) is 1. The molecule has 132 valence electrons. The van der Waals surface area contributed by atoms with Crippen LogP contribution in [0.15, 0.2) is 23.8 Å². The van der Waals surface area contributed by atoms with Crippen molar-refractivity contribution in [3.05, 3.63) is 23.8 Å². The van der Waals surface area contributed by atoms with E-state index in [0.717, 1.165) is 10.7 Å². The van der Waals surface area contributed by atoms with Gasteiger partial charge in [-0.3, -0.25) is 0 Å². The lowest BCUT2D eigenvalue weighted by Gasteiger charge is -2.19. The van der Waals surface area contributed by atoms with Gasteiger partial charge in [-0.05, 0) is 32.2 Å². The van der Waals surface area contributed by atoms with Gasteiger partial charge in [-0.25, -0.2) is 19.7 Å². The highest BCUT2D eigenvalue weighted by molar-refractivity contribution is 7.13. The molecule has 3 heterocycles. The lowest BCUT2D eigenvalue weighted by Crippen LogP contribution is -2.34. The number of amides is 1. The Hall–Kier alpha value is -2.68. The monoisotopic (exact) mass is 360 g/mol. The fourth-order valence-electron chi connectivity index (χ4n) is 2.34. The summed E-state index contributed by atoms with van der Waals surface area (Å²) in [5, 5.41) is 4.73. The summed E-state index contributed by atoms with van der Waals surface area (Å²) >= 11 is 1.57. The standard InChI is InChI=1S/C16H20N6O2S/c1-16(2,3)24-15(23)18-6-7-22-13(10-5-4-8-25-10)21-11-12(17)19-9-20-14(11)22/h4-5,8-9H,6-7H2,1-3H3,(H,18,23)(H2,17,19,20). The van der Waals surface area contributed by atoms with Crippen molar-refractivity contribution in [1.82, 2.24) is 24.8 Å². The van der Waals surface area contributed by atoms with Crippen molar-refractivity contribution >= 4 is 34.4 Å². The predicted octanol–water partition coefficient (Wildman–Crippen LogP) is 2.66. The van der Waals surface area contributed by atoms with Gasteiger partial charge in [-0.1, -0.05) is 6.07 Å². The first-order valence-corrected chi connectivity index (χ1v) is 8.70. The van der Waals surface area contributed by atoms with Crippen molar-refractivity contribution in [2.75, 3.05) is 12.3 Å². The Morgan fingerprint density at radius 3 is 2.88 bits per heavy atom. The minimum Gasteiger partial charge on any atom is -0.444 e. The van der Waals surface area contributed by atoms with Gasteiger partial charge in [0.1, 0.15) is 11.9 Å². The molecule has 0 aliphatic rings. The van der Waals surface area contributed by atoms with E-state index in [2.05, 4.69) is 20.3 Å². The van der Waals surface area contributed by atoms with Crippen molar-refractivity contribution in [3.63, 3.8) is 0 Å². The summed E-state index contributed by atoms with van der Waals surface area (Å²) in [5.74, 6) is 1.09. The molecule has 0 aliphatic carbocycles. The summed E-state index contributed by atoms with van der Waals surface area (Å²) in [7, 11) is 0. The Balaban J connectivity index is 1.84. The third-order valence-electron chi connectivity index (χ3n) is 3.31. The number of thiophene rings is 1. The van der Waals surface area contributed by atoms with E-state index >= 15 is 0 Å². The van der Waals surface area contributed by atoms with Crippen molar-refractivity contribution in [2.45, 2.75) is 32.9 Å². The molecule has 3 rings (SSSR count). The minimum atomic E-state index is -0.532. The molecule has 0 aromatic carbocycles. The highest BCUT2D eigenvalue weighted by Crippen LogP contribution is 2.28. The summed E-state index contributed by atoms with van der Waals surface area (Å²) < 4.78 is 7.17. The average Bonchev–Trinajstić information content (AvgIpc) is 3.14. The number of nitrogen functional groups attached to an aromatic ring is 1. The van der Waals surface area contributed by atoms with E-state index < -0.39 is 11.7 Å². The van der Waals surface area contributed by atoms with Crippen molar-refractivity contribution < 1.29 is 9.53 Å². The molecule has 0 atom stereocenters. The molecule has 1 amide bonds. The van der Waals surface area contributed by atoms with Crippen LogP contribution in [0, 0.1) is 0 Å². The largest absolute Gasteiger partial charge is 0.444 e. The van der Waals surface area contributed by atoms with Gasteiger partial charge in [-0.15, -0.1) is 11.3 Å². The number of alkyl carbamates (subject to hydrolysis) is 1. The number of fused-ring (bicyclic) bond motifs is 1. The third kappa shape index (κ3) is 3.87. The van der Waals surface area contributed by atoms with Gasteiger partial charge in [-0.2, -0.15) is 0 Å². The molecule has 0 bridgehead atoms. The Kier molecular flexibility index (Phi) is 4.58. The molecule has 0 radical (unpaired) electrons. The van der Waals surface area contributed by atoms with E-state index in [1.807, 2.05) is 42.9 Å². The summed E-state index contributed by atoms with van der Waals surface area (Å²) in [5.41, 5.74) is 6.59. The van der Waals surface area contributed by atoms with Crippen LogP contribution in [-0.4, -0.2) is 37.8 Å². The highest BCUT2D eigenvalue weighted by Gasteiger charge is 2.18. The second-order valence-corrected chi connectivity index (χ2v) is 7.37. The van der Waals surface area contributed by atoms with Gasteiger partial charge in [0.25, 0.3) is 0 Å². The molecule has 3 aromatic rings. The predicted molar refractivity (Wildman–Crippen MR) is 97.3 cm³/mol. The second kappa shape index (κ2) is 6.67. The van der Waals surface area contributed by atoms with Crippen molar-refractivity contribution in [2.24, 2.45) is 0 Å². The molecular weight excluding hydrogens is 340 g/mol. The summed E-state index contributed by atoms with van der Waals surface area (Å²) in [6.45, 7) is 6.34. The quantitative estimate of drug-likeness (QED) is 0.740. The molecule has 3 aromatic heterocycles. The van der Waals surface area contributed by atoms with Crippen LogP contribution >= 0.6 is 11.3 Å². The fraction of sp³-hybridized carbons (Fsp3) is 0.375. The maximum absolute atomic E-state index is 11.8. The zero-order valence-electron chi connectivity index (χ0n) is 14.3. The van der Waals surface area contributed by atoms with Gasteiger partial charge in [0.15, 0.2) is 22.8 Å². The van der Waals surface area contributed by atoms with Crippen LogP contribution in [0.5, 0.6) is 0 Å². The topological polar surface area (TPSA) is 108 Å². The van der Waals surface area contributed by atoms with Crippen LogP contribution in [0.3, 0.4) is 0 Å². The first kappa shape index (κ1) is 17.2. The molecule has 0 unspecified atom stereocenters. The van der Waals surface area contributed by atoms with Gasteiger partial charge in [0.2, 0.25) is 0 Å². The van der Waals surface area contributed by atoms with Gasteiger partial charge in [0.05, 0.1) is 4.88 Å². The Labute approximate surface area is 149 Å². The van der Waals surface area contributed by atoms with E-state index in [9.17, 15) is 4.79 Å². The zero-order valence-corrected chi connectivity index (χ0v) is 15.1. The van der Waals surface area contributed by atoms with Crippen LogP contribution in [-0.2, 0) is 11.3 Å². The van der Waals surface area contributed by atoms with E-state index in [1.165, 1.54) is 6.33 Å². The minimum absolute atomic E-state index is 0.335. The molecule has 25 heavy (non-hydrogen) atoms. The van der Waals surface area contributed by atoms with E-state index in [4.69, 9.17) is 10.5 Å². The molecular formula is C16H20N6O2S. The van der Waals surface area contributed by atoms with Crippen molar-refractivity contribution in [3.8, 4) is 10.7 Å². The smallest absolute Gasteiger partial charge is 0.407 e. The number of imidazole rings is 1. The molecule has 0 fully saturated rings. The maximum Gasteiger partial charge on any atom is 0.407 e. The molecule has 0 saturated carbocycles. The maximum atomic E-state index is 11.8. The number of nitrogens with one attached hydrogen (secondary N) is 1. The number of aromatic nitrogens is 4. The normalized spacial score (nSPS) is 11.6. The Morgan fingerprint density at radius 2 is 2.20 bits per heavy atom. The molecule has 0 aliphatic heterocycles. The number of carbonyl (C=O) groups is 1. The number of hydrogen-bond acceptors (Lipinski definition) is 7. The van der Waals surface area contributed by atoms with Crippen LogP contribution in [0.1, 0.15) is 20.8 Å². The van der Waals surface area contributed by atoms with Crippen LogP contribution in [0.4, 0.5) is 10.6 Å². The number of nitrogens with two attached hydrogens (primary N) is 1. The number of hydrogen-bond donors (Lipinski definition) is 2. The Morgan fingerprint density at radius 1 is 1.40 bits per heavy atom. The average molecular weight is 360 g/mol. The SMILES string of the molecule is CC(C)(C)OC(=O)NCCn1c(-c2cccs2)nc2c(N)ncnc21. The number of nitrogens with zero attached hydrogens (tertiary/aromatic N) is 4. The molecule has 0 spiro atoms. The first-order chi connectivity index (χ1) is 11.8. The number of rotatable bonds is 4. The number of carbonyl (C=O) groups excluding carboxylic acids is 1. The number of anilines is 1. The van der Waals surface area contributed by atoms with Gasteiger partial charge in [0, 0.05) is 13.1 Å². The Bertz CT molecular complexity index is 882. The van der Waals surface area contributed by atoms with Crippen molar-refractivity contribution in [1.29, 1.82) is 0 Å². The molecule has 9 heteroatoms. The summed E-state index contributed by atoms with van der Waals surface area (Å²) in [6.07, 6.45) is 0.957. The lowest BCUT2D eigenvalue weighted by molar-refractivity contribution is 0.0526. The second-order valence-electron chi connectivity index (χ2n) is 6.42. The summed E-state index contributed by atoms with van der Waals surface area (Å²) in [6, 6.07) is 3.94. The lowest BCUT2D eigenvalue weighted by atomic mass is 10.2. The van der Waals surface area contributed by atoms with Crippen LogP contribution in [0.25, 0.3) is 21.9 Å². The van der Waals surface area contributed by atoms with E-state index in [-0.39, 0.29) is 0 Å². The molecule has 8 nitrogen and oxygen atoms in total. The summed E-state index contributed by atoms with van der Waals surface area (Å²) in [4.78, 5) is 25.7. The third-order valence-corrected chi connectivity index (χ3v) is 4.17. The molecule has 0 saturated heterocycles. The van der Waals surface area contributed by atoms with Crippen LogP contribution in [0.2, 0.25) is 0 Å².